The molecule has 100 valence electrons. The van der Waals surface area contributed by atoms with Crippen LogP contribution in [0.25, 0.3) is 0 Å². The van der Waals surface area contributed by atoms with E-state index in [1.165, 1.54) is 37.7 Å². The minimum Gasteiger partial charge on any atom is -0.295 e. The average molecular weight is 254 g/mol. The van der Waals surface area contributed by atoms with Crippen molar-refractivity contribution in [3.63, 3.8) is 0 Å². The molecule has 1 saturated carbocycles. The van der Waals surface area contributed by atoms with Gasteiger partial charge in [-0.1, -0.05) is 24.1 Å². The number of ketones is 1. The van der Waals surface area contributed by atoms with Gasteiger partial charge in [0, 0.05) is 6.42 Å². The van der Waals surface area contributed by atoms with Gasteiger partial charge in [-0.25, -0.2) is 0 Å². The molecule has 4 rings (SSSR count). The molecule has 1 fully saturated rings. The molecule has 0 N–H and O–H groups in total. The predicted molar refractivity (Wildman–Crippen MR) is 76.7 cm³/mol. The Labute approximate surface area is 115 Å². The summed E-state index contributed by atoms with van der Waals surface area (Å²) in [7, 11) is 0. The number of fused-ring (bicyclic) bond motifs is 4. The molecule has 0 saturated heterocycles. The van der Waals surface area contributed by atoms with Crippen LogP contribution in [0, 0.1) is 17.8 Å². The third-order valence-corrected chi connectivity index (χ3v) is 5.73. The van der Waals surface area contributed by atoms with Crippen molar-refractivity contribution in [2.24, 2.45) is 17.8 Å². The van der Waals surface area contributed by atoms with Gasteiger partial charge in [0.15, 0.2) is 5.78 Å². The molecule has 1 nitrogen and oxygen atoms in total. The lowest BCUT2D eigenvalue weighted by Gasteiger charge is -2.42. The largest absolute Gasteiger partial charge is 0.295 e. The molecule has 0 aromatic heterocycles. The summed E-state index contributed by atoms with van der Waals surface area (Å²) in [4.78, 5) is 11.8. The first-order chi connectivity index (χ1) is 9.24. The highest BCUT2D eigenvalue weighted by atomic mass is 16.1. The maximum Gasteiger partial charge on any atom is 0.156 e. The van der Waals surface area contributed by atoms with E-state index >= 15 is 0 Å². The Hall–Kier alpha value is -1.11. The summed E-state index contributed by atoms with van der Waals surface area (Å²) in [6.45, 7) is 2.26. The van der Waals surface area contributed by atoms with Gasteiger partial charge >= 0.3 is 0 Å². The summed E-state index contributed by atoms with van der Waals surface area (Å²) in [5.74, 6) is 2.48. The molecule has 4 aliphatic carbocycles. The molecule has 4 aliphatic rings. The molecule has 3 unspecified atom stereocenters. The maximum atomic E-state index is 11.8. The van der Waals surface area contributed by atoms with Crippen molar-refractivity contribution in [1.29, 1.82) is 0 Å². The highest BCUT2D eigenvalue weighted by Crippen LogP contribution is 2.53. The highest BCUT2D eigenvalue weighted by Gasteiger charge is 2.40. The van der Waals surface area contributed by atoms with Crippen LogP contribution in [0.1, 0.15) is 51.9 Å². The predicted octanol–water partition coefficient (Wildman–Crippen LogP) is 4.36. The third kappa shape index (κ3) is 1.70. The number of carbonyl (C=O) groups is 1. The van der Waals surface area contributed by atoms with Gasteiger partial charge in [0.25, 0.3) is 0 Å². The molecule has 0 aromatic rings. The average Bonchev–Trinajstić information content (AvgIpc) is 2.85. The summed E-state index contributed by atoms with van der Waals surface area (Å²) in [5, 5.41) is 0. The fraction of sp³-hybridized carbons (Fsp3) is 0.611. The molecule has 0 amide bonds. The lowest BCUT2D eigenvalue weighted by atomic mass is 9.63. The van der Waals surface area contributed by atoms with E-state index in [1.807, 2.05) is 6.08 Å². The fourth-order valence-corrected chi connectivity index (χ4v) is 5.04. The standard InChI is InChI=1S/C18H22O/c1-11-9-14(19)10-13-6-7-16-15-4-2-3-12(15)5-8-17(16)18(11)13/h3,10-11,15-16H,2,4-9H2,1H3. The van der Waals surface area contributed by atoms with E-state index in [0.29, 0.717) is 11.7 Å². The molecule has 0 aliphatic heterocycles. The van der Waals surface area contributed by atoms with Crippen LogP contribution in [0.5, 0.6) is 0 Å². The quantitative estimate of drug-likeness (QED) is 0.587. The lowest BCUT2D eigenvalue weighted by Crippen LogP contribution is -2.30. The molecule has 0 radical (unpaired) electrons. The minimum absolute atomic E-state index is 0.350. The Bertz CT molecular complexity index is 532. The minimum atomic E-state index is 0.350. The van der Waals surface area contributed by atoms with E-state index in [2.05, 4.69) is 13.0 Å². The van der Waals surface area contributed by atoms with Crippen LogP contribution in [0.15, 0.2) is 34.4 Å². The zero-order valence-electron chi connectivity index (χ0n) is 11.7. The first-order valence-electron chi connectivity index (χ1n) is 7.89. The molecule has 1 heteroatoms. The van der Waals surface area contributed by atoms with E-state index in [1.54, 1.807) is 16.7 Å². The lowest BCUT2D eigenvalue weighted by molar-refractivity contribution is -0.115. The van der Waals surface area contributed by atoms with Crippen molar-refractivity contribution >= 4 is 5.78 Å². The normalized spacial score (nSPS) is 37.3. The Morgan fingerprint density at radius 1 is 1.11 bits per heavy atom. The fourth-order valence-electron chi connectivity index (χ4n) is 5.04. The Kier molecular flexibility index (Phi) is 2.58. The first-order valence-corrected chi connectivity index (χ1v) is 7.89. The highest BCUT2D eigenvalue weighted by molar-refractivity contribution is 5.93. The Morgan fingerprint density at radius 2 is 2.00 bits per heavy atom. The molecule has 0 spiro atoms. The van der Waals surface area contributed by atoms with Crippen LogP contribution in [0.4, 0.5) is 0 Å². The second kappa shape index (κ2) is 4.19. The summed E-state index contributed by atoms with van der Waals surface area (Å²) in [5.41, 5.74) is 6.48. The zero-order chi connectivity index (χ0) is 13.0. The summed E-state index contributed by atoms with van der Waals surface area (Å²) >= 11 is 0. The van der Waals surface area contributed by atoms with Crippen LogP contribution in [0.3, 0.4) is 0 Å². The van der Waals surface area contributed by atoms with E-state index in [-0.39, 0.29) is 0 Å². The number of hydrogen-bond donors (Lipinski definition) is 0. The molecule has 3 atom stereocenters. The van der Waals surface area contributed by atoms with E-state index in [4.69, 9.17) is 0 Å². The maximum absolute atomic E-state index is 11.8. The van der Waals surface area contributed by atoms with E-state index in [9.17, 15) is 4.79 Å². The van der Waals surface area contributed by atoms with Gasteiger partial charge in [0.2, 0.25) is 0 Å². The summed E-state index contributed by atoms with van der Waals surface area (Å²) < 4.78 is 0. The molecular formula is C18H22O. The van der Waals surface area contributed by atoms with Gasteiger partial charge in [-0.3, -0.25) is 4.79 Å². The Morgan fingerprint density at radius 3 is 2.89 bits per heavy atom. The number of hydrogen-bond acceptors (Lipinski definition) is 1. The molecule has 0 bridgehead atoms. The van der Waals surface area contributed by atoms with Crippen molar-refractivity contribution in [2.75, 3.05) is 0 Å². The van der Waals surface area contributed by atoms with Crippen molar-refractivity contribution in [1.82, 2.24) is 0 Å². The monoisotopic (exact) mass is 254 g/mol. The van der Waals surface area contributed by atoms with Crippen LogP contribution < -0.4 is 0 Å². The topological polar surface area (TPSA) is 17.1 Å². The second-order valence-corrected chi connectivity index (χ2v) is 6.79. The molecule has 19 heavy (non-hydrogen) atoms. The van der Waals surface area contributed by atoms with Crippen molar-refractivity contribution in [3.05, 3.63) is 34.4 Å². The van der Waals surface area contributed by atoms with Crippen LogP contribution in [0.2, 0.25) is 0 Å². The molecule has 0 aromatic carbocycles. The summed E-state index contributed by atoms with van der Waals surface area (Å²) in [6.07, 6.45) is 12.9. The van der Waals surface area contributed by atoms with Gasteiger partial charge in [-0.2, -0.15) is 0 Å². The number of carbonyl (C=O) groups excluding carboxylic acids is 1. The van der Waals surface area contributed by atoms with Crippen LogP contribution in [-0.2, 0) is 4.79 Å². The summed E-state index contributed by atoms with van der Waals surface area (Å²) in [6, 6.07) is 0. The van der Waals surface area contributed by atoms with Gasteiger partial charge in [0.05, 0.1) is 0 Å². The van der Waals surface area contributed by atoms with Gasteiger partial charge < -0.3 is 0 Å². The van der Waals surface area contributed by atoms with E-state index in [0.717, 1.165) is 24.7 Å². The van der Waals surface area contributed by atoms with Crippen molar-refractivity contribution in [3.8, 4) is 0 Å². The van der Waals surface area contributed by atoms with Crippen LogP contribution >= 0.6 is 0 Å². The number of allylic oxidation sites excluding steroid dienone is 6. The molecule has 0 heterocycles. The smallest absolute Gasteiger partial charge is 0.156 e. The SMILES string of the molecule is CC1CC(=O)C=C2CCC3C(=C21)CCC1=CCCC13. The van der Waals surface area contributed by atoms with Gasteiger partial charge in [0.1, 0.15) is 0 Å². The van der Waals surface area contributed by atoms with Crippen LogP contribution in [-0.4, -0.2) is 5.78 Å². The Balaban J connectivity index is 1.80. The van der Waals surface area contributed by atoms with Crippen molar-refractivity contribution in [2.45, 2.75) is 51.9 Å². The first kappa shape index (κ1) is 11.7. The third-order valence-electron chi connectivity index (χ3n) is 5.73. The second-order valence-electron chi connectivity index (χ2n) is 6.79. The van der Waals surface area contributed by atoms with Gasteiger partial charge in [-0.15, -0.1) is 0 Å². The van der Waals surface area contributed by atoms with Crippen molar-refractivity contribution < 1.29 is 4.79 Å². The molecular weight excluding hydrogens is 232 g/mol. The van der Waals surface area contributed by atoms with Gasteiger partial charge in [-0.05, 0) is 73.5 Å². The number of rotatable bonds is 0. The van der Waals surface area contributed by atoms with E-state index < -0.39 is 0 Å². The zero-order valence-corrected chi connectivity index (χ0v) is 11.7.